The number of aliphatic hydroxyl groups is 2. The molecular weight excluding hydrogens is 266 g/mol. The van der Waals surface area contributed by atoms with Crippen LogP contribution in [0.4, 0.5) is 0 Å². The number of hydrogen-bond donors (Lipinski definition) is 2. The monoisotopic (exact) mass is 295 g/mol. The van der Waals surface area contributed by atoms with Gasteiger partial charge in [0.25, 0.3) is 0 Å². The second-order valence-electron chi connectivity index (χ2n) is 5.32. The van der Waals surface area contributed by atoms with E-state index in [-0.39, 0.29) is 13.2 Å². The molecule has 4 nitrogen and oxygen atoms in total. The second kappa shape index (κ2) is 11.5. The van der Waals surface area contributed by atoms with Gasteiger partial charge in [-0.05, 0) is 37.9 Å². The second-order valence-corrected chi connectivity index (χ2v) is 5.32. The zero-order chi connectivity index (χ0) is 15.3. The number of unbranched alkanes of at least 4 members (excludes halogenated alkanes) is 3. The molecule has 0 heterocycles. The van der Waals surface area contributed by atoms with Crippen molar-refractivity contribution in [3.05, 3.63) is 29.8 Å². The lowest BCUT2D eigenvalue weighted by molar-refractivity contribution is 0.159. The fourth-order valence-corrected chi connectivity index (χ4v) is 2.31. The van der Waals surface area contributed by atoms with E-state index < -0.39 is 0 Å². The number of nitrogens with zero attached hydrogens (tertiary/aromatic N) is 1. The third-order valence-corrected chi connectivity index (χ3v) is 3.55. The van der Waals surface area contributed by atoms with Crippen LogP contribution in [0.25, 0.3) is 0 Å². The molecule has 0 aromatic heterocycles. The Bertz CT molecular complexity index is 365. The number of para-hydroxylation sites is 1. The van der Waals surface area contributed by atoms with Crippen LogP contribution in [0.3, 0.4) is 0 Å². The van der Waals surface area contributed by atoms with Gasteiger partial charge in [-0.25, -0.2) is 0 Å². The van der Waals surface area contributed by atoms with E-state index in [2.05, 4.69) is 17.9 Å². The predicted octanol–water partition coefficient (Wildman–Crippen LogP) is 2.22. The first kappa shape index (κ1) is 18.0. The molecule has 1 aromatic rings. The number of rotatable bonds is 12. The predicted molar refractivity (Wildman–Crippen MR) is 85.8 cm³/mol. The molecule has 1 rings (SSSR count). The quantitative estimate of drug-likeness (QED) is 0.581. The normalized spacial score (nSPS) is 11.0. The molecule has 0 amide bonds. The minimum absolute atomic E-state index is 0.157. The van der Waals surface area contributed by atoms with Crippen LogP contribution < -0.4 is 4.74 Å². The topological polar surface area (TPSA) is 52.9 Å². The summed E-state index contributed by atoms with van der Waals surface area (Å²) in [5.74, 6) is 0.981. The first-order valence-electron chi connectivity index (χ1n) is 7.90. The number of hydrogen-bond acceptors (Lipinski definition) is 4. The van der Waals surface area contributed by atoms with Gasteiger partial charge in [-0.3, -0.25) is 4.90 Å². The van der Waals surface area contributed by atoms with Crippen molar-refractivity contribution < 1.29 is 14.9 Å². The van der Waals surface area contributed by atoms with Crippen LogP contribution in [0.1, 0.15) is 31.2 Å². The summed E-state index contributed by atoms with van der Waals surface area (Å²) >= 11 is 0. The Kier molecular flexibility index (Phi) is 9.87. The fourth-order valence-electron chi connectivity index (χ4n) is 2.31. The van der Waals surface area contributed by atoms with Crippen LogP contribution in [0.5, 0.6) is 5.75 Å². The number of ether oxygens (including phenoxy) is 1. The van der Waals surface area contributed by atoms with Gasteiger partial charge in [0, 0.05) is 13.1 Å². The maximum atomic E-state index is 8.93. The summed E-state index contributed by atoms with van der Waals surface area (Å²) in [7, 11) is 0. The fraction of sp³-hybridized carbons (Fsp3) is 0.647. The first-order valence-corrected chi connectivity index (χ1v) is 7.90. The molecule has 0 saturated carbocycles. The SMILES string of the molecule is Cc1ccccc1OCCCCCCN(CCO)CCO. The first-order chi connectivity index (χ1) is 10.3. The molecule has 0 fully saturated rings. The highest BCUT2D eigenvalue weighted by Crippen LogP contribution is 2.16. The lowest BCUT2D eigenvalue weighted by atomic mass is 10.2. The largest absolute Gasteiger partial charge is 0.493 e. The highest BCUT2D eigenvalue weighted by molar-refractivity contribution is 5.31. The summed E-state index contributed by atoms with van der Waals surface area (Å²) in [6, 6.07) is 8.09. The van der Waals surface area contributed by atoms with E-state index >= 15 is 0 Å². The molecule has 0 aliphatic carbocycles. The molecule has 0 saturated heterocycles. The Morgan fingerprint density at radius 2 is 1.57 bits per heavy atom. The number of aliphatic hydroxyl groups excluding tert-OH is 2. The van der Waals surface area contributed by atoms with Crippen LogP contribution in [0, 0.1) is 6.92 Å². The van der Waals surface area contributed by atoms with Crippen molar-refractivity contribution in [2.24, 2.45) is 0 Å². The van der Waals surface area contributed by atoms with E-state index in [9.17, 15) is 0 Å². The van der Waals surface area contributed by atoms with Crippen LogP contribution in [0.15, 0.2) is 24.3 Å². The van der Waals surface area contributed by atoms with Gasteiger partial charge in [-0.2, -0.15) is 0 Å². The van der Waals surface area contributed by atoms with Crippen molar-refractivity contribution in [1.29, 1.82) is 0 Å². The zero-order valence-corrected chi connectivity index (χ0v) is 13.1. The maximum absolute atomic E-state index is 8.93. The minimum Gasteiger partial charge on any atom is -0.493 e. The van der Waals surface area contributed by atoms with E-state index in [1.807, 2.05) is 18.2 Å². The van der Waals surface area contributed by atoms with Crippen molar-refractivity contribution >= 4 is 0 Å². The van der Waals surface area contributed by atoms with Crippen molar-refractivity contribution in [2.45, 2.75) is 32.6 Å². The van der Waals surface area contributed by atoms with E-state index in [0.29, 0.717) is 13.1 Å². The highest BCUT2D eigenvalue weighted by Gasteiger charge is 2.03. The molecule has 0 unspecified atom stereocenters. The third-order valence-electron chi connectivity index (χ3n) is 3.55. The average Bonchev–Trinajstić information content (AvgIpc) is 2.48. The maximum Gasteiger partial charge on any atom is 0.122 e. The average molecular weight is 295 g/mol. The zero-order valence-electron chi connectivity index (χ0n) is 13.1. The molecule has 2 N–H and O–H groups in total. The Balaban J connectivity index is 2.03. The van der Waals surface area contributed by atoms with Gasteiger partial charge in [-0.15, -0.1) is 0 Å². The molecular formula is C17H29NO3. The van der Waals surface area contributed by atoms with Gasteiger partial charge >= 0.3 is 0 Å². The van der Waals surface area contributed by atoms with E-state index in [1.54, 1.807) is 0 Å². The number of aryl methyl sites for hydroxylation is 1. The molecule has 21 heavy (non-hydrogen) atoms. The molecule has 0 atom stereocenters. The van der Waals surface area contributed by atoms with Gasteiger partial charge in [0.05, 0.1) is 19.8 Å². The van der Waals surface area contributed by atoms with Crippen molar-refractivity contribution in [2.75, 3.05) is 39.5 Å². The molecule has 120 valence electrons. The van der Waals surface area contributed by atoms with Crippen LogP contribution in [-0.2, 0) is 0 Å². The summed E-state index contributed by atoms with van der Waals surface area (Å²) in [6.07, 6.45) is 4.47. The van der Waals surface area contributed by atoms with Crippen molar-refractivity contribution in [3.63, 3.8) is 0 Å². The van der Waals surface area contributed by atoms with Gasteiger partial charge in [-0.1, -0.05) is 31.0 Å². The van der Waals surface area contributed by atoms with Gasteiger partial charge < -0.3 is 14.9 Å². The van der Waals surface area contributed by atoms with Gasteiger partial charge in [0.1, 0.15) is 5.75 Å². The Morgan fingerprint density at radius 1 is 0.905 bits per heavy atom. The smallest absolute Gasteiger partial charge is 0.122 e. The molecule has 4 heteroatoms. The Hall–Kier alpha value is -1.10. The summed E-state index contributed by atoms with van der Waals surface area (Å²) in [5, 5.41) is 17.9. The van der Waals surface area contributed by atoms with E-state index in [0.717, 1.165) is 44.6 Å². The molecule has 0 aliphatic heterocycles. The molecule has 1 aromatic carbocycles. The highest BCUT2D eigenvalue weighted by atomic mass is 16.5. The van der Waals surface area contributed by atoms with E-state index in [4.69, 9.17) is 14.9 Å². The third kappa shape index (κ3) is 8.05. The van der Waals surface area contributed by atoms with Gasteiger partial charge in [0.2, 0.25) is 0 Å². The Labute approximate surface area is 128 Å². The lowest BCUT2D eigenvalue weighted by Crippen LogP contribution is -2.30. The molecule has 0 radical (unpaired) electrons. The summed E-state index contributed by atoms with van der Waals surface area (Å²) < 4.78 is 5.77. The van der Waals surface area contributed by atoms with Crippen LogP contribution in [-0.4, -0.2) is 54.6 Å². The standard InChI is InChI=1S/C17H29NO3/c1-16-8-4-5-9-17(16)21-15-7-3-2-6-10-18(11-13-19)12-14-20/h4-5,8-9,19-20H,2-3,6-7,10-15H2,1H3. The van der Waals surface area contributed by atoms with E-state index in [1.165, 1.54) is 5.56 Å². The molecule has 0 aliphatic rings. The summed E-state index contributed by atoms with van der Waals surface area (Å²) in [4.78, 5) is 2.10. The lowest BCUT2D eigenvalue weighted by Gasteiger charge is -2.19. The summed E-state index contributed by atoms with van der Waals surface area (Å²) in [6.45, 7) is 5.39. The van der Waals surface area contributed by atoms with Crippen LogP contribution >= 0.6 is 0 Å². The van der Waals surface area contributed by atoms with Crippen molar-refractivity contribution in [1.82, 2.24) is 4.90 Å². The molecule has 0 spiro atoms. The van der Waals surface area contributed by atoms with Crippen molar-refractivity contribution in [3.8, 4) is 5.75 Å². The van der Waals surface area contributed by atoms with Crippen LogP contribution in [0.2, 0.25) is 0 Å². The minimum atomic E-state index is 0.157. The van der Waals surface area contributed by atoms with Gasteiger partial charge in [0.15, 0.2) is 0 Å². The Morgan fingerprint density at radius 3 is 2.24 bits per heavy atom. The number of benzene rings is 1. The summed E-state index contributed by atoms with van der Waals surface area (Å²) in [5.41, 5.74) is 1.18. The molecule has 0 bridgehead atoms.